The molecule has 1 aromatic carbocycles. The van der Waals surface area contributed by atoms with E-state index in [-0.39, 0.29) is 28.6 Å². The van der Waals surface area contributed by atoms with Gasteiger partial charge in [-0.25, -0.2) is 0 Å². The van der Waals surface area contributed by atoms with Gasteiger partial charge in [0.05, 0.1) is 5.92 Å². The molecule has 1 N–H and O–H groups in total. The summed E-state index contributed by atoms with van der Waals surface area (Å²) in [6.45, 7) is 3.66. The molecular formula is C17H19F3N2O2. The smallest absolute Gasteiger partial charge is 0.362 e. The Morgan fingerprint density at radius 1 is 1.33 bits per heavy atom. The number of hydrazone groups is 1. The number of amides is 1. The predicted octanol–water partition coefficient (Wildman–Crippen LogP) is 3.49. The van der Waals surface area contributed by atoms with Gasteiger partial charge in [0, 0.05) is 11.3 Å². The molecule has 3 unspecified atom stereocenters. The average Bonchev–Trinajstić information content (AvgIpc) is 2.81. The summed E-state index contributed by atoms with van der Waals surface area (Å²) in [6.07, 6.45) is -3.76. The molecule has 1 aromatic rings. The number of rotatable bonds is 1. The number of fused-ring (bicyclic) bond motifs is 1. The number of benzene rings is 1. The van der Waals surface area contributed by atoms with E-state index in [0.717, 1.165) is 5.56 Å². The average molecular weight is 340 g/mol. The van der Waals surface area contributed by atoms with Crippen molar-refractivity contribution in [2.45, 2.75) is 45.0 Å². The first kappa shape index (κ1) is 17.0. The molecule has 0 bridgehead atoms. The summed E-state index contributed by atoms with van der Waals surface area (Å²) in [4.78, 5) is 12.6. The fourth-order valence-corrected chi connectivity index (χ4v) is 3.43. The fourth-order valence-electron chi connectivity index (χ4n) is 3.43. The van der Waals surface area contributed by atoms with E-state index in [1.165, 1.54) is 12.1 Å². The van der Waals surface area contributed by atoms with Crippen molar-refractivity contribution in [2.24, 2.45) is 16.9 Å². The Labute approximate surface area is 138 Å². The summed E-state index contributed by atoms with van der Waals surface area (Å²) in [5, 5.41) is 14.7. The maximum absolute atomic E-state index is 13.7. The molecule has 24 heavy (non-hydrogen) atoms. The molecule has 2 aliphatic rings. The van der Waals surface area contributed by atoms with Crippen LogP contribution in [0.1, 0.15) is 42.1 Å². The molecule has 1 saturated carbocycles. The summed E-state index contributed by atoms with van der Waals surface area (Å²) < 4.78 is 41.1. The number of aryl methyl sites for hydroxylation is 1. The van der Waals surface area contributed by atoms with Gasteiger partial charge in [-0.05, 0) is 44.2 Å². The summed E-state index contributed by atoms with van der Waals surface area (Å²) in [5.41, 5.74) is -2.07. The van der Waals surface area contributed by atoms with Gasteiger partial charge >= 0.3 is 6.18 Å². The summed E-state index contributed by atoms with van der Waals surface area (Å²) in [7, 11) is 0. The number of halogens is 3. The first-order valence-electron chi connectivity index (χ1n) is 7.92. The van der Waals surface area contributed by atoms with Crippen molar-refractivity contribution in [2.75, 3.05) is 0 Å². The molecule has 1 aliphatic heterocycles. The van der Waals surface area contributed by atoms with E-state index in [2.05, 4.69) is 5.10 Å². The second-order valence-electron chi connectivity index (χ2n) is 6.73. The zero-order valence-corrected chi connectivity index (χ0v) is 13.5. The van der Waals surface area contributed by atoms with Crippen molar-refractivity contribution in [3.63, 3.8) is 0 Å². The Balaban J connectivity index is 2.03. The Morgan fingerprint density at radius 3 is 2.54 bits per heavy atom. The monoisotopic (exact) mass is 340 g/mol. The number of hydrogen-bond donors (Lipinski definition) is 1. The highest BCUT2D eigenvalue weighted by Gasteiger charge is 2.68. The minimum absolute atomic E-state index is 0.0391. The van der Waals surface area contributed by atoms with Crippen molar-refractivity contribution in [1.82, 2.24) is 5.01 Å². The van der Waals surface area contributed by atoms with Crippen LogP contribution in [-0.2, 0) is 0 Å². The SMILES string of the molecule is Cc1ccc(C(=O)N2N=C3CCC(C)CC3C2(O)C(F)(F)F)cc1. The molecule has 3 rings (SSSR count). The topological polar surface area (TPSA) is 52.9 Å². The lowest BCUT2D eigenvalue weighted by molar-refractivity contribution is -0.313. The lowest BCUT2D eigenvalue weighted by Gasteiger charge is -2.39. The lowest BCUT2D eigenvalue weighted by Crippen LogP contribution is -2.61. The van der Waals surface area contributed by atoms with Crippen molar-refractivity contribution < 1.29 is 23.1 Å². The van der Waals surface area contributed by atoms with Crippen LogP contribution in [0.15, 0.2) is 29.4 Å². The van der Waals surface area contributed by atoms with Crippen LogP contribution < -0.4 is 0 Å². The van der Waals surface area contributed by atoms with Gasteiger partial charge in [0.2, 0.25) is 0 Å². The van der Waals surface area contributed by atoms with Gasteiger partial charge < -0.3 is 5.11 Å². The Morgan fingerprint density at radius 2 is 1.96 bits per heavy atom. The first-order valence-corrected chi connectivity index (χ1v) is 7.92. The number of aliphatic hydroxyl groups is 1. The van der Waals surface area contributed by atoms with Crippen molar-refractivity contribution >= 4 is 11.6 Å². The lowest BCUT2D eigenvalue weighted by atomic mass is 9.76. The number of hydrogen-bond acceptors (Lipinski definition) is 3. The van der Waals surface area contributed by atoms with Crippen LogP contribution in [0.25, 0.3) is 0 Å². The molecule has 0 spiro atoms. The van der Waals surface area contributed by atoms with Crippen LogP contribution in [0.2, 0.25) is 0 Å². The standard InChI is InChI=1S/C17H19F3N2O2/c1-10-3-6-12(7-4-10)15(23)22-16(24,17(18,19)20)13-9-11(2)5-8-14(13)21-22/h3-4,6-7,11,13,24H,5,8-9H2,1-2H3. The van der Waals surface area contributed by atoms with E-state index >= 15 is 0 Å². The van der Waals surface area contributed by atoms with Crippen LogP contribution >= 0.6 is 0 Å². The van der Waals surface area contributed by atoms with Crippen LogP contribution in [-0.4, -0.2) is 33.6 Å². The van der Waals surface area contributed by atoms with Crippen LogP contribution in [0.4, 0.5) is 13.2 Å². The van der Waals surface area contributed by atoms with E-state index in [9.17, 15) is 23.1 Å². The fraction of sp³-hybridized carbons (Fsp3) is 0.529. The first-order chi connectivity index (χ1) is 11.1. The molecule has 7 heteroatoms. The molecule has 1 amide bonds. The summed E-state index contributed by atoms with van der Waals surface area (Å²) in [6, 6.07) is 6.16. The molecule has 1 aliphatic carbocycles. The minimum Gasteiger partial charge on any atom is -0.362 e. The zero-order valence-electron chi connectivity index (χ0n) is 13.5. The Kier molecular flexibility index (Phi) is 3.94. The molecule has 130 valence electrons. The van der Waals surface area contributed by atoms with E-state index < -0.39 is 23.7 Å². The van der Waals surface area contributed by atoms with E-state index in [4.69, 9.17) is 0 Å². The highest BCUT2D eigenvalue weighted by Crippen LogP contribution is 2.49. The molecule has 0 aromatic heterocycles. The normalized spacial score (nSPS) is 30.1. The predicted molar refractivity (Wildman–Crippen MR) is 82.3 cm³/mol. The van der Waals surface area contributed by atoms with Crippen LogP contribution in [0.5, 0.6) is 0 Å². The van der Waals surface area contributed by atoms with Crippen molar-refractivity contribution in [1.29, 1.82) is 0 Å². The third kappa shape index (κ3) is 2.51. The van der Waals surface area contributed by atoms with E-state index in [0.29, 0.717) is 12.8 Å². The highest BCUT2D eigenvalue weighted by atomic mass is 19.4. The number of alkyl halides is 3. The number of nitrogens with zero attached hydrogens (tertiary/aromatic N) is 2. The summed E-state index contributed by atoms with van der Waals surface area (Å²) >= 11 is 0. The van der Waals surface area contributed by atoms with E-state index in [1.54, 1.807) is 12.1 Å². The van der Waals surface area contributed by atoms with Gasteiger partial charge in [-0.2, -0.15) is 23.3 Å². The molecule has 3 atom stereocenters. The van der Waals surface area contributed by atoms with Crippen molar-refractivity contribution in [3.8, 4) is 0 Å². The molecule has 1 heterocycles. The molecule has 1 fully saturated rings. The molecule has 0 radical (unpaired) electrons. The van der Waals surface area contributed by atoms with Gasteiger partial charge in [-0.15, -0.1) is 0 Å². The third-order valence-electron chi connectivity index (χ3n) is 4.88. The van der Waals surface area contributed by atoms with Gasteiger partial charge in [0.15, 0.2) is 0 Å². The van der Waals surface area contributed by atoms with Gasteiger partial charge in [0.25, 0.3) is 11.6 Å². The summed E-state index contributed by atoms with van der Waals surface area (Å²) in [5.74, 6) is -2.10. The molecule has 4 nitrogen and oxygen atoms in total. The minimum atomic E-state index is -4.99. The second kappa shape index (κ2) is 5.58. The van der Waals surface area contributed by atoms with Crippen LogP contribution in [0.3, 0.4) is 0 Å². The van der Waals surface area contributed by atoms with E-state index in [1.807, 2.05) is 13.8 Å². The zero-order chi connectivity index (χ0) is 17.7. The van der Waals surface area contributed by atoms with Crippen molar-refractivity contribution in [3.05, 3.63) is 35.4 Å². The number of carbonyl (C=O) groups excluding carboxylic acids is 1. The highest BCUT2D eigenvalue weighted by molar-refractivity contribution is 5.99. The second-order valence-corrected chi connectivity index (χ2v) is 6.73. The van der Waals surface area contributed by atoms with Gasteiger partial charge in [-0.3, -0.25) is 4.79 Å². The Bertz CT molecular complexity index is 684. The molecular weight excluding hydrogens is 321 g/mol. The molecule has 0 saturated heterocycles. The maximum Gasteiger partial charge on any atom is 0.439 e. The Hall–Kier alpha value is -1.89. The number of carbonyl (C=O) groups is 1. The maximum atomic E-state index is 13.7. The van der Waals surface area contributed by atoms with Gasteiger partial charge in [0.1, 0.15) is 0 Å². The quantitative estimate of drug-likeness (QED) is 0.851. The van der Waals surface area contributed by atoms with Crippen LogP contribution in [0, 0.1) is 18.8 Å². The van der Waals surface area contributed by atoms with Gasteiger partial charge in [-0.1, -0.05) is 24.6 Å². The third-order valence-corrected chi connectivity index (χ3v) is 4.88. The largest absolute Gasteiger partial charge is 0.439 e.